The number of benzene rings is 1. The van der Waals surface area contributed by atoms with Crippen molar-refractivity contribution in [2.45, 2.75) is 45.6 Å². The number of aryl methyl sites for hydroxylation is 2. The van der Waals surface area contributed by atoms with Gasteiger partial charge < -0.3 is 10.2 Å². The maximum atomic E-state index is 5.79. The van der Waals surface area contributed by atoms with Crippen molar-refractivity contribution in [3.05, 3.63) is 59.4 Å². The van der Waals surface area contributed by atoms with Crippen LogP contribution in [0.3, 0.4) is 0 Å². The number of nitrogens with one attached hydrogen (secondary N) is 1. The van der Waals surface area contributed by atoms with Crippen LogP contribution in [0.1, 0.15) is 48.9 Å². The fraction of sp³-hybridized carbons (Fsp3) is 0.400. The van der Waals surface area contributed by atoms with Gasteiger partial charge in [-0.1, -0.05) is 31.2 Å². The molecule has 0 unspecified atom stereocenters. The van der Waals surface area contributed by atoms with Gasteiger partial charge in [0.05, 0.1) is 6.04 Å². The Kier molecular flexibility index (Phi) is 5.46. The van der Waals surface area contributed by atoms with Gasteiger partial charge in [-0.2, -0.15) is 0 Å². The SMILES string of the molecule is CCc1cccc(C)c1NC(=S)N1CCCC[C@@H]1c1cccnc1. The molecule has 2 heterocycles. The Morgan fingerprint density at radius 2 is 2.17 bits per heavy atom. The molecular weight excluding hydrogens is 314 g/mol. The van der Waals surface area contributed by atoms with Crippen LogP contribution in [0.4, 0.5) is 5.69 Å². The highest BCUT2D eigenvalue weighted by atomic mass is 32.1. The fourth-order valence-corrected chi connectivity index (χ4v) is 3.80. The molecule has 0 radical (unpaired) electrons. The first-order valence-electron chi connectivity index (χ1n) is 8.76. The summed E-state index contributed by atoms with van der Waals surface area (Å²) in [5.74, 6) is 0. The number of aromatic nitrogens is 1. The van der Waals surface area contributed by atoms with Crippen LogP contribution in [0.2, 0.25) is 0 Å². The number of likely N-dealkylation sites (tertiary alicyclic amines) is 1. The second-order valence-electron chi connectivity index (χ2n) is 6.38. The van der Waals surface area contributed by atoms with Crippen LogP contribution >= 0.6 is 12.2 Å². The maximum Gasteiger partial charge on any atom is 0.173 e. The molecule has 1 aliphatic heterocycles. The molecule has 0 saturated carbocycles. The zero-order valence-corrected chi connectivity index (χ0v) is 15.3. The first-order chi connectivity index (χ1) is 11.7. The monoisotopic (exact) mass is 339 g/mol. The lowest BCUT2D eigenvalue weighted by molar-refractivity contribution is 0.248. The molecule has 0 aliphatic carbocycles. The first kappa shape index (κ1) is 16.9. The molecule has 1 aromatic carbocycles. The summed E-state index contributed by atoms with van der Waals surface area (Å²) < 4.78 is 0. The second-order valence-corrected chi connectivity index (χ2v) is 6.77. The smallest absolute Gasteiger partial charge is 0.173 e. The minimum atomic E-state index is 0.321. The molecule has 1 saturated heterocycles. The third kappa shape index (κ3) is 3.59. The molecule has 0 bridgehead atoms. The van der Waals surface area contributed by atoms with Crippen LogP contribution in [-0.2, 0) is 6.42 Å². The average molecular weight is 340 g/mol. The molecule has 1 atom stereocenters. The largest absolute Gasteiger partial charge is 0.342 e. The summed E-state index contributed by atoms with van der Waals surface area (Å²) in [5, 5.41) is 4.36. The number of nitrogens with zero attached hydrogens (tertiary/aromatic N) is 2. The summed E-state index contributed by atoms with van der Waals surface area (Å²) in [6.45, 7) is 5.32. The molecule has 1 aliphatic rings. The molecule has 126 valence electrons. The molecule has 1 fully saturated rings. The lowest BCUT2D eigenvalue weighted by Gasteiger charge is -2.38. The van der Waals surface area contributed by atoms with Crippen molar-refractivity contribution in [2.24, 2.45) is 0 Å². The van der Waals surface area contributed by atoms with E-state index in [1.165, 1.54) is 35.2 Å². The summed E-state index contributed by atoms with van der Waals surface area (Å²) in [4.78, 5) is 6.62. The van der Waals surface area contributed by atoms with Gasteiger partial charge in [-0.15, -0.1) is 0 Å². The number of thiocarbonyl (C=S) groups is 1. The van der Waals surface area contributed by atoms with Gasteiger partial charge in [-0.05, 0) is 67.6 Å². The van der Waals surface area contributed by atoms with Gasteiger partial charge in [-0.3, -0.25) is 4.98 Å². The number of piperidine rings is 1. The number of hydrogen-bond acceptors (Lipinski definition) is 2. The number of para-hydroxylation sites is 1. The lowest BCUT2D eigenvalue weighted by atomic mass is 9.97. The summed E-state index contributed by atoms with van der Waals surface area (Å²) in [6.07, 6.45) is 8.35. The van der Waals surface area contributed by atoms with Crippen LogP contribution in [0.5, 0.6) is 0 Å². The summed E-state index contributed by atoms with van der Waals surface area (Å²) in [5.41, 5.74) is 4.97. The topological polar surface area (TPSA) is 28.2 Å². The van der Waals surface area contributed by atoms with Crippen molar-refractivity contribution in [2.75, 3.05) is 11.9 Å². The third-order valence-corrected chi connectivity index (χ3v) is 5.14. The molecule has 4 heteroatoms. The number of hydrogen-bond donors (Lipinski definition) is 1. The molecule has 24 heavy (non-hydrogen) atoms. The quantitative estimate of drug-likeness (QED) is 0.807. The zero-order valence-electron chi connectivity index (χ0n) is 14.5. The van der Waals surface area contributed by atoms with E-state index in [9.17, 15) is 0 Å². The van der Waals surface area contributed by atoms with Crippen molar-refractivity contribution >= 4 is 23.0 Å². The Morgan fingerprint density at radius 1 is 1.29 bits per heavy atom. The normalized spacial score (nSPS) is 17.6. The Labute approximate surface area is 150 Å². The Balaban J connectivity index is 1.83. The maximum absolute atomic E-state index is 5.79. The van der Waals surface area contributed by atoms with E-state index in [-0.39, 0.29) is 0 Å². The third-order valence-electron chi connectivity index (χ3n) is 4.80. The van der Waals surface area contributed by atoms with Crippen LogP contribution in [-0.4, -0.2) is 21.5 Å². The molecule has 1 N–H and O–H groups in total. The highest BCUT2D eigenvalue weighted by Gasteiger charge is 2.26. The van der Waals surface area contributed by atoms with Gasteiger partial charge in [0.25, 0.3) is 0 Å². The van der Waals surface area contributed by atoms with E-state index in [0.29, 0.717) is 6.04 Å². The molecule has 2 aromatic rings. The van der Waals surface area contributed by atoms with Gasteiger partial charge in [0.1, 0.15) is 0 Å². The minimum absolute atomic E-state index is 0.321. The van der Waals surface area contributed by atoms with Gasteiger partial charge in [0, 0.05) is 24.6 Å². The van der Waals surface area contributed by atoms with Crippen molar-refractivity contribution < 1.29 is 0 Å². The van der Waals surface area contributed by atoms with E-state index < -0.39 is 0 Å². The van der Waals surface area contributed by atoms with Crippen LogP contribution in [0.15, 0.2) is 42.7 Å². The van der Waals surface area contributed by atoms with Gasteiger partial charge in [0.2, 0.25) is 0 Å². The van der Waals surface area contributed by atoms with E-state index in [1.807, 2.05) is 18.5 Å². The van der Waals surface area contributed by atoms with Crippen LogP contribution in [0, 0.1) is 6.92 Å². The standard InChI is InChI=1S/C20H25N3S/c1-3-16-9-6-8-15(2)19(16)22-20(24)23-13-5-4-11-18(23)17-10-7-12-21-14-17/h6-10,12,14,18H,3-5,11,13H2,1-2H3,(H,22,24)/t18-/m1/s1. The summed E-state index contributed by atoms with van der Waals surface area (Å²) >= 11 is 5.79. The van der Waals surface area contributed by atoms with Crippen LogP contribution in [0.25, 0.3) is 0 Å². The molecular formula is C20H25N3S. The molecule has 3 nitrogen and oxygen atoms in total. The fourth-order valence-electron chi connectivity index (χ4n) is 3.48. The minimum Gasteiger partial charge on any atom is -0.342 e. The molecule has 1 aromatic heterocycles. The molecule has 0 spiro atoms. The highest BCUT2D eigenvalue weighted by Crippen LogP contribution is 2.31. The van der Waals surface area contributed by atoms with Gasteiger partial charge in [-0.25, -0.2) is 0 Å². The van der Waals surface area contributed by atoms with Crippen molar-refractivity contribution in [1.82, 2.24) is 9.88 Å². The average Bonchev–Trinajstić information content (AvgIpc) is 2.64. The zero-order chi connectivity index (χ0) is 16.9. The Hall–Kier alpha value is -1.94. The lowest BCUT2D eigenvalue weighted by Crippen LogP contribution is -2.41. The summed E-state index contributed by atoms with van der Waals surface area (Å²) in [6, 6.07) is 10.9. The van der Waals surface area contributed by atoms with E-state index in [2.05, 4.69) is 53.3 Å². The van der Waals surface area contributed by atoms with Gasteiger partial charge in [0.15, 0.2) is 5.11 Å². The first-order valence-corrected chi connectivity index (χ1v) is 9.17. The number of rotatable bonds is 3. The van der Waals surface area contributed by atoms with Crippen molar-refractivity contribution in [3.8, 4) is 0 Å². The summed E-state index contributed by atoms with van der Waals surface area (Å²) in [7, 11) is 0. The van der Waals surface area contributed by atoms with Crippen LogP contribution < -0.4 is 5.32 Å². The number of pyridine rings is 1. The van der Waals surface area contributed by atoms with Crippen molar-refractivity contribution in [1.29, 1.82) is 0 Å². The number of anilines is 1. The Bertz CT molecular complexity index is 699. The molecule has 0 amide bonds. The van der Waals surface area contributed by atoms with E-state index in [4.69, 9.17) is 12.2 Å². The van der Waals surface area contributed by atoms with E-state index in [0.717, 1.165) is 24.5 Å². The second kappa shape index (κ2) is 7.75. The Morgan fingerprint density at radius 3 is 2.92 bits per heavy atom. The van der Waals surface area contributed by atoms with E-state index >= 15 is 0 Å². The predicted octanol–water partition coefficient (Wildman–Crippen LogP) is 4.88. The van der Waals surface area contributed by atoms with E-state index in [1.54, 1.807) is 0 Å². The highest BCUT2D eigenvalue weighted by molar-refractivity contribution is 7.80. The van der Waals surface area contributed by atoms with Crippen molar-refractivity contribution in [3.63, 3.8) is 0 Å². The predicted molar refractivity (Wildman–Crippen MR) is 104 cm³/mol. The molecule has 3 rings (SSSR count). The van der Waals surface area contributed by atoms with Gasteiger partial charge >= 0.3 is 0 Å².